The van der Waals surface area contributed by atoms with Crippen LogP contribution in [0.1, 0.15) is 21.8 Å². The van der Waals surface area contributed by atoms with Gasteiger partial charge in [-0.05, 0) is 19.1 Å². The van der Waals surface area contributed by atoms with Gasteiger partial charge in [-0.1, -0.05) is 6.07 Å². The number of hydrogen-bond donors (Lipinski definition) is 1. The monoisotopic (exact) mass is 459 g/mol. The molecule has 8 heteroatoms. The van der Waals surface area contributed by atoms with Gasteiger partial charge in [-0.3, -0.25) is 4.99 Å². The van der Waals surface area contributed by atoms with Crippen LogP contribution in [0.3, 0.4) is 0 Å². The number of thiazole rings is 1. The second-order valence-corrected chi connectivity index (χ2v) is 6.09. The van der Waals surface area contributed by atoms with Crippen molar-refractivity contribution in [1.29, 1.82) is 5.26 Å². The summed E-state index contributed by atoms with van der Waals surface area (Å²) in [5.41, 5.74) is 1.78. The van der Waals surface area contributed by atoms with E-state index in [1.165, 1.54) is 6.07 Å². The molecular weight excluding hydrogens is 440 g/mol. The molecule has 0 spiro atoms. The first-order valence-corrected chi connectivity index (χ1v) is 7.92. The van der Waals surface area contributed by atoms with Crippen LogP contribution < -0.4 is 5.32 Å². The van der Waals surface area contributed by atoms with Crippen LogP contribution in [-0.4, -0.2) is 29.9 Å². The van der Waals surface area contributed by atoms with Crippen LogP contribution in [-0.2, 0) is 13.1 Å². The number of nitrogens with zero attached hydrogens (tertiary/aromatic N) is 4. The zero-order valence-corrected chi connectivity index (χ0v) is 16.9. The van der Waals surface area contributed by atoms with Gasteiger partial charge in [0, 0.05) is 31.6 Å². The van der Waals surface area contributed by atoms with Gasteiger partial charge in [-0.2, -0.15) is 5.26 Å². The van der Waals surface area contributed by atoms with E-state index in [-0.39, 0.29) is 24.0 Å². The summed E-state index contributed by atoms with van der Waals surface area (Å²) in [5, 5.41) is 14.9. The molecule has 1 aromatic carbocycles. The first-order chi connectivity index (χ1) is 11.0. The van der Waals surface area contributed by atoms with Crippen molar-refractivity contribution in [1.82, 2.24) is 15.2 Å². The summed E-state index contributed by atoms with van der Waals surface area (Å²) >= 11 is 1.61. The SMILES string of the molecule is CN=C(NCc1ccc(C#N)cc1F)N(C)Cc1csc(C)n1.I. The molecule has 2 aromatic rings. The predicted octanol–water partition coefficient (Wildman–Crippen LogP) is 3.29. The molecule has 24 heavy (non-hydrogen) atoms. The minimum absolute atomic E-state index is 0. The largest absolute Gasteiger partial charge is 0.352 e. The molecule has 0 bridgehead atoms. The number of nitrogens with one attached hydrogen (secondary N) is 1. The van der Waals surface area contributed by atoms with Crippen molar-refractivity contribution in [2.45, 2.75) is 20.0 Å². The molecule has 0 aliphatic carbocycles. The molecule has 0 saturated carbocycles. The first kappa shape index (κ1) is 20.3. The van der Waals surface area contributed by atoms with Crippen LogP contribution in [0.2, 0.25) is 0 Å². The van der Waals surface area contributed by atoms with Crippen molar-refractivity contribution in [3.8, 4) is 6.07 Å². The smallest absolute Gasteiger partial charge is 0.194 e. The molecule has 1 heterocycles. The lowest BCUT2D eigenvalue weighted by Gasteiger charge is -2.21. The van der Waals surface area contributed by atoms with E-state index < -0.39 is 5.82 Å². The molecule has 0 radical (unpaired) electrons. The highest BCUT2D eigenvalue weighted by atomic mass is 127. The van der Waals surface area contributed by atoms with Gasteiger partial charge in [0.25, 0.3) is 0 Å². The van der Waals surface area contributed by atoms with Crippen LogP contribution >= 0.6 is 35.3 Å². The molecule has 0 fully saturated rings. The molecule has 0 atom stereocenters. The van der Waals surface area contributed by atoms with Gasteiger partial charge in [0.05, 0.1) is 28.9 Å². The minimum Gasteiger partial charge on any atom is -0.352 e. The average molecular weight is 459 g/mol. The van der Waals surface area contributed by atoms with Gasteiger partial charge in [0.1, 0.15) is 5.82 Å². The molecule has 5 nitrogen and oxygen atoms in total. The Bertz CT molecular complexity index is 753. The lowest BCUT2D eigenvalue weighted by atomic mass is 10.1. The lowest BCUT2D eigenvalue weighted by Crippen LogP contribution is -2.38. The number of aromatic nitrogens is 1. The number of rotatable bonds is 4. The number of halogens is 2. The lowest BCUT2D eigenvalue weighted by molar-refractivity contribution is 0.469. The Morgan fingerprint density at radius 3 is 2.79 bits per heavy atom. The highest BCUT2D eigenvalue weighted by molar-refractivity contribution is 14.0. The quantitative estimate of drug-likeness (QED) is 0.433. The Hall–Kier alpha value is -1.73. The topological polar surface area (TPSA) is 64.3 Å². The molecule has 1 N–H and O–H groups in total. The fourth-order valence-electron chi connectivity index (χ4n) is 2.12. The van der Waals surface area contributed by atoms with Crippen LogP contribution in [0, 0.1) is 24.1 Å². The fraction of sp³-hybridized carbons (Fsp3) is 0.312. The van der Waals surface area contributed by atoms with Crippen molar-refractivity contribution in [3.05, 3.63) is 51.2 Å². The number of nitriles is 1. The van der Waals surface area contributed by atoms with E-state index in [1.807, 2.05) is 30.3 Å². The maximum absolute atomic E-state index is 13.9. The molecule has 0 unspecified atom stereocenters. The van der Waals surface area contributed by atoms with Gasteiger partial charge in [-0.15, -0.1) is 35.3 Å². The van der Waals surface area contributed by atoms with E-state index in [1.54, 1.807) is 30.5 Å². The van der Waals surface area contributed by atoms with Crippen molar-refractivity contribution in [2.75, 3.05) is 14.1 Å². The van der Waals surface area contributed by atoms with Gasteiger partial charge in [0.2, 0.25) is 0 Å². The van der Waals surface area contributed by atoms with Gasteiger partial charge in [0.15, 0.2) is 5.96 Å². The molecule has 0 aliphatic rings. The van der Waals surface area contributed by atoms with E-state index in [9.17, 15) is 4.39 Å². The van der Waals surface area contributed by atoms with Crippen molar-refractivity contribution in [2.24, 2.45) is 4.99 Å². The van der Waals surface area contributed by atoms with Gasteiger partial charge in [-0.25, -0.2) is 9.37 Å². The summed E-state index contributed by atoms with van der Waals surface area (Å²) in [6.45, 7) is 2.89. The van der Waals surface area contributed by atoms with Crippen LogP contribution in [0.5, 0.6) is 0 Å². The van der Waals surface area contributed by atoms with E-state index >= 15 is 0 Å². The molecule has 2 rings (SSSR count). The zero-order chi connectivity index (χ0) is 16.8. The Labute approximate surface area is 162 Å². The number of aliphatic imine (C=N–C) groups is 1. The predicted molar refractivity (Wildman–Crippen MR) is 105 cm³/mol. The van der Waals surface area contributed by atoms with Gasteiger partial charge >= 0.3 is 0 Å². The molecule has 0 amide bonds. The molecule has 128 valence electrons. The van der Waals surface area contributed by atoms with Crippen molar-refractivity contribution >= 4 is 41.3 Å². The van der Waals surface area contributed by atoms with Crippen LogP contribution in [0.25, 0.3) is 0 Å². The molecular formula is C16H19FIN5S. The third kappa shape index (κ3) is 5.42. The maximum atomic E-state index is 13.9. The maximum Gasteiger partial charge on any atom is 0.194 e. The normalized spacial score (nSPS) is 10.7. The van der Waals surface area contributed by atoms with E-state index in [0.717, 1.165) is 10.7 Å². The zero-order valence-electron chi connectivity index (χ0n) is 13.7. The van der Waals surface area contributed by atoms with Crippen LogP contribution in [0.15, 0.2) is 28.6 Å². The Kier molecular flexibility index (Phi) is 8.07. The van der Waals surface area contributed by atoms with Gasteiger partial charge < -0.3 is 10.2 Å². The average Bonchev–Trinajstić information content (AvgIpc) is 2.94. The molecule has 0 saturated heterocycles. The summed E-state index contributed by atoms with van der Waals surface area (Å²) in [4.78, 5) is 10.6. The number of hydrogen-bond acceptors (Lipinski definition) is 4. The Balaban J connectivity index is 0.00000288. The Morgan fingerprint density at radius 1 is 1.50 bits per heavy atom. The summed E-state index contributed by atoms with van der Waals surface area (Å²) in [6.07, 6.45) is 0. The molecule has 1 aromatic heterocycles. The van der Waals surface area contributed by atoms with E-state index in [0.29, 0.717) is 30.2 Å². The number of benzene rings is 1. The number of aryl methyl sites for hydroxylation is 1. The van der Waals surface area contributed by atoms with E-state index in [4.69, 9.17) is 5.26 Å². The Morgan fingerprint density at radius 2 is 2.25 bits per heavy atom. The highest BCUT2D eigenvalue weighted by Gasteiger charge is 2.10. The third-order valence-electron chi connectivity index (χ3n) is 3.26. The standard InChI is InChI=1S/C16H18FN5S.HI/c1-11-21-14(10-23-11)9-22(3)16(19-2)20-8-13-5-4-12(7-18)6-15(13)17;/h4-6,10H,8-9H2,1-3H3,(H,19,20);1H. The third-order valence-corrected chi connectivity index (χ3v) is 4.08. The van der Waals surface area contributed by atoms with Crippen molar-refractivity contribution in [3.63, 3.8) is 0 Å². The second-order valence-electron chi connectivity index (χ2n) is 5.03. The minimum atomic E-state index is -0.398. The highest BCUT2D eigenvalue weighted by Crippen LogP contribution is 2.11. The summed E-state index contributed by atoms with van der Waals surface area (Å²) in [7, 11) is 3.58. The second kappa shape index (κ2) is 9.54. The molecule has 0 aliphatic heterocycles. The van der Waals surface area contributed by atoms with Crippen molar-refractivity contribution < 1.29 is 4.39 Å². The fourth-order valence-corrected chi connectivity index (χ4v) is 2.72. The first-order valence-electron chi connectivity index (χ1n) is 7.04. The summed E-state index contributed by atoms with van der Waals surface area (Å²) < 4.78 is 13.9. The van der Waals surface area contributed by atoms with E-state index in [2.05, 4.69) is 15.3 Å². The summed E-state index contributed by atoms with van der Waals surface area (Å²) in [6, 6.07) is 6.37. The van der Waals surface area contributed by atoms with Crippen LogP contribution in [0.4, 0.5) is 4.39 Å². The summed E-state index contributed by atoms with van der Waals surface area (Å²) in [5.74, 6) is 0.254. The number of guanidine groups is 1.